The van der Waals surface area contributed by atoms with Crippen LogP contribution in [0.5, 0.6) is 5.75 Å². The van der Waals surface area contributed by atoms with Crippen molar-refractivity contribution in [2.75, 3.05) is 26.2 Å². The first-order valence-electron chi connectivity index (χ1n) is 9.11. The molecular weight excluding hydrogens is 459 g/mol. The lowest BCUT2D eigenvalue weighted by Gasteiger charge is -2.20. The molecule has 3 N–H and O–H groups in total. The summed E-state index contributed by atoms with van der Waals surface area (Å²) >= 11 is 0. The molecule has 1 aliphatic heterocycles. The van der Waals surface area contributed by atoms with Crippen LogP contribution in [0.4, 0.5) is 4.79 Å². The minimum atomic E-state index is -0.493. The molecule has 27 heavy (non-hydrogen) atoms. The van der Waals surface area contributed by atoms with Gasteiger partial charge >= 0.3 is 6.09 Å². The lowest BCUT2D eigenvalue weighted by Crippen LogP contribution is -2.42. The van der Waals surface area contributed by atoms with Crippen LogP contribution >= 0.6 is 24.0 Å². The number of amides is 1. The number of carbonyl (C=O) groups is 1. The number of benzene rings is 1. The van der Waals surface area contributed by atoms with Crippen LogP contribution in [-0.4, -0.2) is 49.9 Å². The van der Waals surface area contributed by atoms with Gasteiger partial charge in [0.25, 0.3) is 0 Å². The van der Waals surface area contributed by atoms with E-state index in [0.717, 1.165) is 18.7 Å². The molecule has 0 saturated carbocycles. The summed E-state index contributed by atoms with van der Waals surface area (Å²) in [6, 6.07) is 8.08. The van der Waals surface area contributed by atoms with E-state index in [1.165, 1.54) is 5.56 Å². The zero-order valence-electron chi connectivity index (χ0n) is 16.5. The van der Waals surface area contributed by atoms with Gasteiger partial charge in [-0.3, -0.25) is 0 Å². The zero-order chi connectivity index (χ0) is 19.0. The van der Waals surface area contributed by atoms with E-state index < -0.39 is 11.7 Å². The van der Waals surface area contributed by atoms with Gasteiger partial charge in [-0.25, -0.2) is 9.79 Å². The Balaban J connectivity index is 0.00000364. The van der Waals surface area contributed by atoms with Gasteiger partial charge in [-0.15, -0.1) is 24.0 Å². The average Bonchev–Trinajstić information content (AvgIpc) is 2.97. The molecule has 1 heterocycles. The second-order valence-electron chi connectivity index (χ2n) is 7.13. The number of guanidine groups is 1. The number of aliphatic imine (C=N–C) groups is 1. The molecule has 2 rings (SSSR count). The van der Waals surface area contributed by atoms with Gasteiger partial charge in [0.05, 0.1) is 6.54 Å². The molecule has 0 bridgehead atoms. The Bertz CT molecular complexity index is 607. The number of halogens is 1. The Morgan fingerprint density at radius 2 is 1.93 bits per heavy atom. The minimum Gasteiger partial charge on any atom is -0.488 e. The number of nitrogens with one attached hydrogen (secondary N) is 3. The number of hydrogen-bond donors (Lipinski definition) is 3. The van der Waals surface area contributed by atoms with Crippen molar-refractivity contribution >= 4 is 36.0 Å². The van der Waals surface area contributed by atoms with Crippen LogP contribution in [0.1, 0.15) is 33.3 Å². The van der Waals surface area contributed by atoms with Crippen molar-refractivity contribution in [1.29, 1.82) is 0 Å². The van der Waals surface area contributed by atoms with E-state index in [9.17, 15) is 4.79 Å². The highest BCUT2D eigenvalue weighted by Gasteiger charge is 2.22. The zero-order valence-corrected chi connectivity index (χ0v) is 18.8. The third kappa shape index (κ3) is 8.68. The van der Waals surface area contributed by atoms with Crippen molar-refractivity contribution in [2.24, 2.45) is 4.99 Å². The van der Waals surface area contributed by atoms with E-state index in [1.54, 1.807) is 0 Å². The fourth-order valence-corrected chi connectivity index (χ4v) is 2.55. The van der Waals surface area contributed by atoms with Crippen LogP contribution in [0.3, 0.4) is 0 Å². The molecule has 1 aromatic rings. The molecule has 1 amide bonds. The molecule has 0 spiro atoms. The van der Waals surface area contributed by atoms with Crippen molar-refractivity contribution in [1.82, 2.24) is 16.0 Å². The average molecular weight is 490 g/mol. The standard InChI is InChI=1S/C19H30N4O3.HI/c1-5-20-17(21-10-11-22-18(24)26-19(2,3)4)23-13-15-12-14-8-6-7-9-16(14)25-15;/h6-9,15H,5,10-13H2,1-4H3,(H,22,24)(H2,20,21,23);1H. The summed E-state index contributed by atoms with van der Waals surface area (Å²) < 4.78 is 11.1. The predicted molar refractivity (Wildman–Crippen MR) is 118 cm³/mol. The maximum absolute atomic E-state index is 11.6. The van der Waals surface area contributed by atoms with Gasteiger partial charge in [-0.05, 0) is 39.3 Å². The topological polar surface area (TPSA) is 84.0 Å². The first-order chi connectivity index (χ1) is 12.4. The molecule has 152 valence electrons. The number of fused-ring (bicyclic) bond motifs is 1. The van der Waals surface area contributed by atoms with Crippen molar-refractivity contribution in [2.45, 2.75) is 45.8 Å². The molecule has 1 atom stereocenters. The SMILES string of the molecule is CCNC(=NCC1Cc2ccccc2O1)NCCNC(=O)OC(C)(C)C.I. The van der Waals surface area contributed by atoms with Crippen molar-refractivity contribution in [3.05, 3.63) is 29.8 Å². The lowest BCUT2D eigenvalue weighted by molar-refractivity contribution is 0.0529. The van der Waals surface area contributed by atoms with Crippen molar-refractivity contribution in [3.63, 3.8) is 0 Å². The van der Waals surface area contributed by atoms with Crippen LogP contribution in [-0.2, 0) is 11.2 Å². The quantitative estimate of drug-likeness (QED) is 0.247. The highest BCUT2D eigenvalue weighted by Crippen LogP contribution is 2.28. The van der Waals surface area contributed by atoms with Gasteiger partial charge in [-0.2, -0.15) is 0 Å². The largest absolute Gasteiger partial charge is 0.488 e. The Labute approximate surface area is 178 Å². The second-order valence-corrected chi connectivity index (χ2v) is 7.13. The smallest absolute Gasteiger partial charge is 0.407 e. The van der Waals surface area contributed by atoms with Crippen LogP contribution in [0.2, 0.25) is 0 Å². The molecular formula is C19H31IN4O3. The fraction of sp³-hybridized carbons (Fsp3) is 0.579. The number of para-hydroxylation sites is 1. The van der Waals surface area contributed by atoms with Crippen LogP contribution in [0.25, 0.3) is 0 Å². The number of alkyl carbamates (subject to hydrolysis) is 1. The molecule has 1 aliphatic rings. The molecule has 0 radical (unpaired) electrons. The Morgan fingerprint density at radius 1 is 1.22 bits per heavy atom. The summed E-state index contributed by atoms with van der Waals surface area (Å²) in [6.45, 7) is 9.86. The van der Waals surface area contributed by atoms with Gasteiger partial charge in [0, 0.05) is 26.1 Å². The van der Waals surface area contributed by atoms with Crippen molar-refractivity contribution in [3.8, 4) is 5.75 Å². The van der Waals surface area contributed by atoms with E-state index in [1.807, 2.05) is 45.9 Å². The number of hydrogen-bond acceptors (Lipinski definition) is 4. The Kier molecular flexibility index (Phi) is 9.68. The summed E-state index contributed by atoms with van der Waals surface area (Å²) in [5.74, 6) is 1.66. The van der Waals surface area contributed by atoms with Crippen LogP contribution < -0.4 is 20.7 Å². The third-order valence-corrected chi connectivity index (χ3v) is 3.60. The van der Waals surface area contributed by atoms with Crippen LogP contribution in [0.15, 0.2) is 29.3 Å². The molecule has 7 nitrogen and oxygen atoms in total. The molecule has 1 unspecified atom stereocenters. The van der Waals surface area contributed by atoms with E-state index >= 15 is 0 Å². The second kappa shape index (κ2) is 11.2. The highest BCUT2D eigenvalue weighted by atomic mass is 127. The summed E-state index contributed by atoms with van der Waals surface area (Å²) in [5.41, 5.74) is 0.736. The number of nitrogens with zero attached hydrogens (tertiary/aromatic N) is 1. The van der Waals surface area contributed by atoms with Crippen molar-refractivity contribution < 1.29 is 14.3 Å². The van der Waals surface area contributed by atoms with Gasteiger partial charge in [0.15, 0.2) is 5.96 Å². The summed E-state index contributed by atoms with van der Waals surface area (Å²) in [7, 11) is 0. The maximum Gasteiger partial charge on any atom is 0.407 e. The molecule has 1 aromatic carbocycles. The fourth-order valence-electron chi connectivity index (χ4n) is 2.55. The van der Waals surface area contributed by atoms with Gasteiger partial charge in [0.2, 0.25) is 0 Å². The number of ether oxygens (including phenoxy) is 2. The molecule has 0 aliphatic carbocycles. The van der Waals surface area contributed by atoms with E-state index in [4.69, 9.17) is 9.47 Å². The summed E-state index contributed by atoms with van der Waals surface area (Å²) in [5, 5.41) is 9.11. The van der Waals surface area contributed by atoms with E-state index in [0.29, 0.717) is 25.6 Å². The van der Waals surface area contributed by atoms with Gasteiger partial charge in [0.1, 0.15) is 17.5 Å². The first-order valence-corrected chi connectivity index (χ1v) is 9.11. The van der Waals surface area contributed by atoms with Gasteiger partial charge in [-0.1, -0.05) is 18.2 Å². The normalized spacial score (nSPS) is 15.9. The first kappa shape index (κ1) is 23.3. The minimum absolute atomic E-state index is 0. The number of carbonyl (C=O) groups excluding carboxylic acids is 1. The van der Waals surface area contributed by atoms with Gasteiger partial charge < -0.3 is 25.4 Å². The lowest BCUT2D eigenvalue weighted by atomic mass is 10.1. The Morgan fingerprint density at radius 3 is 2.59 bits per heavy atom. The number of rotatable bonds is 6. The molecule has 0 saturated heterocycles. The monoisotopic (exact) mass is 490 g/mol. The predicted octanol–water partition coefficient (Wildman–Crippen LogP) is 2.69. The summed E-state index contributed by atoms with van der Waals surface area (Å²) in [4.78, 5) is 16.2. The van der Waals surface area contributed by atoms with Crippen LogP contribution in [0, 0.1) is 0 Å². The van der Waals surface area contributed by atoms with E-state index in [-0.39, 0.29) is 30.1 Å². The summed E-state index contributed by atoms with van der Waals surface area (Å²) in [6.07, 6.45) is 0.514. The maximum atomic E-state index is 11.6. The van der Waals surface area contributed by atoms with E-state index in [2.05, 4.69) is 27.0 Å². The highest BCUT2D eigenvalue weighted by molar-refractivity contribution is 14.0. The molecule has 0 aromatic heterocycles. The molecule has 0 fully saturated rings. The third-order valence-electron chi connectivity index (χ3n) is 3.60. The Hall–Kier alpha value is -1.71. The molecule has 8 heteroatoms.